The number of methoxy groups -OCH3 is 2. The molecule has 7 heteroatoms. The first-order chi connectivity index (χ1) is 13.9. The van der Waals surface area contributed by atoms with Crippen LogP contribution < -0.4 is 20.1 Å². The first-order valence-electron chi connectivity index (χ1n) is 10.7. The topological polar surface area (TPSA) is 78.4 Å². The minimum Gasteiger partial charge on any atom is -0.497 e. The SMILES string of the molecule is CCNC(=NCC(O)(CC)CC)NC1CCN(Cc2cc(OC)cc(OC)c2)C1. The third kappa shape index (κ3) is 7.08. The predicted molar refractivity (Wildman–Crippen MR) is 118 cm³/mol. The van der Waals surface area contributed by atoms with Gasteiger partial charge in [-0.3, -0.25) is 9.89 Å². The number of benzene rings is 1. The molecule has 1 heterocycles. The van der Waals surface area contributed by atoms with Gasteiger partial charge in [-0.2, -0.15) is 0 Å². The van der Waals surface area contributed by atoms with Crippen molar-refractivity contribution < 1.29 is 14.6 Å². The molecule has 0 aliphatic carbocycles. The smallest absolute Gasteiger partial charge is 0.191 e. The Morgan fingerprint density at radius 2 is 1.83 bits per heavy atom. The van der Waals surface area contributed by atoms with Crippen molar-refractivity contribution in [3.05, 3.63) is 23.8 Å². The van der Waals surface area contributed by atoms with Crippen LogP contribution in [0.2, 0.25) is 0 Å². The highest BCUT2D eigenvalue weighted by atomic mass is 16.5. The van der Waals surface area contributed by atoms with E-state index in [0.29, 0.717) is 25.4 Å². The van der Waals surface area contributed by atoms with Gasteiger partial charge in [0.2, 0.25) is 0 Å². The highest BCUT2D eigenvalue weighted by molar-refractivity contribution is 5.80. The lowest BCUT2D eigenvalue weighted by Gasteiger charge is -2.24. The largest absolute Gasteiger partial charge is 0.497 e. The Morgan fingerprint density at radius 1 is 1.17 bits per heavy atom. The van der Waals surface area contributed by atoms with E-state index in [1.165, 1.54) is 5.56 Å². The van der Waals surface area contributed by atoms with Gasteiger partial charge in [0, 0.05) is 38.3 Å². The Bertz CT molecular complexity index is 639. The Kier molecular flexibility index (Phi) is 9.04. The molecule has 0 bridgehead atoms. The van der Waals surface area contributed by atoms with Crippen LogP contribution in [-0.4, -0.2) is 68.0 Å². The molecule has 0 aromatic heterocycles. The summed E-state index contributed by atoms with van der Waals surface area (Å²) in [6.45, 7) is 10.1. The van der Waals surface area contributed by atoms with Gasteiger partial charge in [0.05, 0.1) is 26.4 Å². The zero-order valence-electron chi connectivity index (χ0n) is 18.6. The highest BCUT2D eigenvalue weighted by Crippen LogP contribution is 2.24. The van der Waals surface area contributed by atoms with Gasteiger partial charge in [-0.15, -0.1) is 0 Å². The first kappa shape index (κ1) is 23.3. The monoisotopic (exact) mass is 406 g/mol. The van der Waals surface area contributed by atoms with E-state index < -0.39 is 5.60 Å². The molecule has 1 saturated heterocycles. The molecule has 1 unspecified atom stereocenters. The summed E-state index contributed by atoms with van der Waals surface area (Å²) in [7, 11) is 3.35. The van der Waals surface area contributed by atoms with Crippen molar-refractivity contribution in [1.82, 2.24) is 15.5 Å². The second kappa shape index (κ2) is 11.3. The minimum absolute atomic E-state index is 0.330. The molecule has 1 aliphatic heterocycles. The number of hydrogen-bond acceptors (Lipinski definition) is 5. The van der Waals surface area contributed by atoms with Gasteiger partial charge in [0.25, 0.3) is 0 Å². The van der Waals surface area contributed by atoms with Gasteiger partial charge in [-0.25, -0.2) is 0 Å². The van der Waals surface area contributed by atoms with E-state index in [0.717, 1.165) is 50.1 Å². The van der Waals surface area contributed by atoms with Crippen molar-refractivity contribution in [1.29, 1.82) is 0 Å². The fourth-order valence-corrected chi connectivity index (χ4v) is 3.52. The molecule has 1 atom stereocenters. The third-order valence-electron chi connectivity index (χ3n) is 5.62. The van der Waals surface area contributed by atoms with E-state index in [2.05, 4.69) is 39.6 Å². The lowest BCUT2D eigenvalue weighted by atomic mass is 9.98. The van der Waals surface area contributed by atoms with Crippen LogP contribution >= 0.6 is 0 Å². The molecule has 29 heavy (non-hydrogen) atoms. The van der Waals surface area contributed by atoms with Crippen LogP contribution in [-0.2, 0) is 6.54 Å². The van der Waals surface area contributed by atoms with Crippen molar-refractivity contribution in [3.63, 3.8) is 0 Å². The van der Waals surface area contributed by atoms with E-state index in [-0.39, 0.29) is 0 Å². The average Bonchev–Trinajstić information content (AvgIpc) is 3.18. The molecule has 1 aliphatic rings. The quantitative estimate of drug-likeness (QED) is 0.409. The number of nitrogens with one attached hydrogen (secondary N) is 2. The Morgan fingerprint density at radius 3 is 2.38 bits per heavy atom. The van der Waals surface area contributed by atoms with E-state index in [9.17, 15) is 5.11 Å². The van der Waals surface area contributed by atoms with Crippen LogP contribution in [0, 0.1) is 0 Å². The maximum absolute atomic E-state index is 10.5. The first-order valence-corrected chi connectivity index (χ1v) is 10.7. The van der Waals surface area contributed by atoms with Crippen molar-refractivity contribution in [2.24, 2.45) is 4.99 Å². The van der Waals surface area contributed by atoms with Gasteiger partial charge >= 0.3 is 0 Å². The predicted octanol–water partition coefficient (Wildman–Crippen LogP) is 2.38. The summed E-state index contributed by atoms with van der Waals surface area (Å²) in [4.78, 5) is 7.06. The summed E-state index contributed by atoms with van der Waals surface area (Å²) in [6.07, 6.45) is 2.46. The van der Waals surface area contributed by atoms with E-state index in [4.69, 9.17) is 9.47 Å². The van der Waals surface area contributed by atoms with Crippen LogP contribution in [0.25, 0.3) is 0 Å². The number of guanidine groups is 1. The number of hydrogen-bond donors (Lipinski definition) is 3. The average molecular weight is 407 g/mol. The fraction of sp³-hybridized carbons (Fsp3) is 0.682. The molecule has 7 nitrogen and oxygen atoms in total. The fourth-order valence-electron chi connectivity index (χ4n) is 3.52. The molecular weight excluding hydrogens is 368 g/mol. The van der Waals surface area contributed by atoms with Gasteiger partial charge in [-0.05, 0) is 43.9 Å². The molecule has 0 amide bonds. The summed E-state index contributed by atoms with van der Waals surface area (Å²) in [5.41, 5.74) is 0.452. The number of ether oxygens (including phenoxy) is 2. The zero-order chi connectivity index (χ0) is 21.3. The van der Waals surface area contributed by atoms with Crippen molar-refractivity contribution >= 4 is 5.96 Å². The van der Waals surface area contributed by atoms with Crippen molar-refractivity contribution in [3.8, 4) is 11.5 Å². The minimum atomic E-state index is -0.727. The van der Waals surface area contributed by atoms with Crippen LogP contribution in [0.4, 0.5) is 0 Å². The van der Waals surface area contributed by atoms with E-state index in [1.54, 1.807) is 14.2 Å². The third-order valence-corrected chi connectivity index (χ3v) is 5.62. The Labute approximate surface area is 175 Å². The molecular formula is C22H38N4O3. The molecule has 0 saturated carbocycles. The molecule has 0 spiro atoms. The summed E-state index contributed by atoms with van der Waals surface area (Å²) in [5, 5.41) is 17.3. The number of likely N-dealkylation sites (tertiary alicyclic amines) is 1. The summed E-state index contributed by atoms with van der Waals surface area (Å²) >= 11 is 0. The van der Waals surface area contributed by atoms with Crippen LogP contribution in [0.3, 0.4) is 0 Å². The maximum atomic E-state index is 10.5. The lowest BCUT2D eigenvalue weighted by molar-refractivity contribution is 0.0417. The van der Waals surface area contributed by atoms with Gasteiger partial charge < -0.3 is 25.2 Å². The summed E-state index contributed by atoms with van der Waals surface area (Å²) < 4.78 is 10.8. The van der Waals surface area contributed by atoms with Gasteiger partial charge in [0.1, 0.15) is 11.5 Å². The van der Waals surface area contributed by atoms with Gasteiger partial charge in [0.15, 0.2) is 5.96 Å². The van der Waals surface area contributed by atoms with E-state index >= 15 is 0 Å². The number of aliphatic hydroxyl groups is 1. The second-order valence-electron chi connectivity index (χ2n) is 7.71. The van der Waals surface area contributed by atoms with Crippen LogP contribution in [0.15, 0.2) is 23.2 Å². The number of nitrogens with zero attached hydrogens (tertiary/aromatic N) is 2. The van der Waals surface area contributed by atoms with E-state index in [1.807, 2.05) is 19.9 Å². The number of aliphatic imine (C=N–C) groups is 1. The Hall–Kier alpha value is -1.99. The molecule has 1 fully saturated rings. The molecule has 1 aromatic carbocycles. The molecule has 164 valence electrons. The molecule has 0 radical (unpaired) electrons. The zero-order valence-corrected chi connectivity index (χ0v) is 18.6. The molecule has 3 N–H and O–H groups in total. The standard InChI is InChI=1S/C22H38N4O3/c1-6-22(27,7-2)16-24-21(23-8-3)25-18-9-10-26(15-18)14-17-11-19(28-4)13-20(12-17)29-5/h11-13,18,27H,6-10,14-16H2,1-5H3,(H2,23,24,25). The lowest BCUT2D eigenvalue weighted by Crippen LogP contribution is -2.45. The Balaban J connectivity index is 1.95. The normalized spacial score (nSPS) is 18.0. The summed E-state index contributed by atoms with van der Waals surface area (Å²) in [6, 6.07) is 6.35. The van der Waals surface area contributed by atoms with Gasteiger partial charge in [-0.1, -0.05) is 13.8 Å². The second-order valence-corrected chi connectivity index (χ2v) is 7.71. The number of rotatable bonds is 10. The van der Waals surface area contributed by atoms with Crippen molar-refractivity contribution in [2.75, 3.05) is 40.4 Å². The maximum Gasteiger partial charge on any atom is 0.191 e. The highest BCUT2D eigenvalue weighted by Gasteiger charge is 2.25. The van der Waals surface area contributed by atoms with Crippen LogP contribution in [0.5, 0.6) is 11.5 Å². The van der Waals surface area contributed by atoms with Crippen molar-refractivity contribution in [2.45, 2.75) is 58.2 Å². The summed E-state index contributed by atoms with van der Waals surface area (Å²) in [5.74, 6) is 2.41. The van der Waals surface area contributed by atoms with Crippen LogP contribution in [0.1, 0.15) is 45.6 Å². The molecule has 1 aromatic rings. The molecule has 2 rings (SSSR count).